The minimum Gasteiger partial charge on any atom is -0.115 e. The first-order valence-corrected chi connectivity index (χ1v) is 14.8. The SMILES string of the molecule is CCC(CC)(Sc1ccc(Sc2ccc(SC(C)(C)c3ccccc3)cc2)cc1)c1ccccc1. The zero-order valence-corrected chi connectivity index (χ0v) is 23.5. The minimum atomic E-state index is 0.0371. The Kier molecular flexibility index (Phi) is 8.75. The summed E-state index contributed by atoms with van der Waals surface area (Å²) in [4.78, 5) is 5.17. The van der Waals surface area contributed by atoms with Gasteiger partial charge >= 0.3 is 0 Å². The van der Waals surface area contributed by atoms with Crippen molar-refractivity contribution in [2.24, 2.45) is 0 Å². The maximum Gasteiger partial charge on any atom is 0.0450 e. The molecule has 0 saturated carbocycles. The van der Waals surface area contributed by atoms with Crippen LogP contribution in [0, 0.1) is 0 Å². The molecule has 0 bridgehead atoms. The Morgan fingerprint density at radius 3 is 1.34 bits per heavy atom. The highest BCUT2D eigenvalue weighted by Gasteiger charge is 2.29. The van der Waals surface area contributed by atoms with Gasteiger partial charge in [-0.1, -0.05) is 86.3 Å². The Balaban J connectivity index is 1.41. The van der Waals surface area contributed by atoms with E-state index in [1.54, 1.807) is 0 Å². The molecule has 0 radical (unpaired) electrons. The van der Waals surface area contributed by atoms with Gasteiger partial charge in [-0.2, -0.15) is 0 Å². The molecule has 0 heterocycles. The Morgan fingerprint density at radius 2 is 0.886 bits per heavy atom. The zero-order chi connectivity index (χ0) is 24.7. The van der Waals surface area contributed by atoms with Gasteiger partial charge in [0.1, 0.15) is 0 Å². The molecule has 4 aromatic carbocycles. The van der Waals surface area contributed by atoms with Gasteiger partial charge < -0.3 is 0 Å². The van der Waals surface area contributed by atoms with Crippen LogP contribution in [0.5, 0.6) is 0 Å². The lowest BCUT2D eigenvalue weighted by Crippen LogP contribution is -2.19. The highest BCUT2D eigenvalue weighted by Crippen LogP contribution is 2.47. The third kappa shape index (κ3) is 6.58. The summed E-state index contributed by atoms with van der Waals surface area (Å²) in [7, 11) is 0. The molecule has 35 heavy (non-hydrogen) atoms. The predicted molar refractivity (Wildman–Crippen MR) is 157 cm³/mol. The Hall–Kier alpha value is -2.07. The zero-order valence-electron chi connectivity index (χ0n) is 21.0. The van der Waals surface area contributed by atoms with Gasteiger partial charge in [0.05, 0.1) is 0 Å². The van der Waals surface area contributed by atoms with Crippen molar-refractivity contribution in [3.05, 3.63) is 120 Å². The maximum absolute atomic E-state index is 2.30. The van der Waals surface area contributed by atoms with Gasteiger partial charge in [-0.3, -0.25) is 0 Å². The van der Waals surface area contributed by atoms with E-state index >= 15 is 0 Å². The fraction of sp³-hybridized carbons (Fsp3) is 0.250. The van der Waals surface area contributed by atoms with Gasteiger partial charge in [-0.25, -0.2) is 0 Å². The second-order valence-corrected chi connectivity index (χ2v) is 13.5. The largest absolute Gasteiger partial charge is 0.115 e. The summed E-state index contributed by atoms with van der Waals surface area (Å²) < 4.78 is 0.159. The van der Waals surface area contributed by atoms with E-state index in [0.29, 0.717) is 0 Å². The molecule has 0 N–H and O–H groups in total. The van der Waals surface area contributed by atoms with Crippen LogP contribution in [0.3, 0.4) is 0 Å². The number of hydrogen-bond donors (Lipinski definition) is 0. The van der Waals surface area contributed by atoms with E-state index in [9.17, 15) is 0 Å². The number of benzene rings is 4. The third-order valence-corrected chi connectivity index (χ3v) is 10.5. The topological polar surface area (TPSA) is 0 Å². The molecule has 4 aromatic rings. The second kappa shape index (κ2) is 11.8. The molecule has 180 valence electrons. The van der Waals surface area contributed by atoms with E-state index in [2.05, 4.69) is 137 Å². The van der Waals surface area contributed by atoms with Gasteiger partial charge in [-0.05, 0) is 86.3 Å². The van der Waals surface area contributed by atoms with Gasteiger partial charge in [0, 0.05) is 29.1 Å². The molecule has 0 unspecified atom stereocenters. The number of thioether (sulfide) groups is 2. The molecule has 0 saturated heterocycles. The Morgan fingerprint density at radius 1 is 0.486 bits per heavy atom. The lowest BCUT2D eigenvalue weighted by Gasteiger charge is -2.32. The molecular formula is C32H34S3. The highest BCUT2D eigenvalue weighted by molar-refractivity contribution is 8.00. The van der Waals surface area contributed by atoms with Crippen LogP contribution >= 0.6 is 35.3 Å². The van der Waals surface area contributed by atoms with Crippen LogP contribution in [0.4, 0.5) is 0 Å². The quantitative estimate of drug-likeness (QED) is 0.193. The monoisotopic (exact) mass is 514 g/mol. The van der Waals surface area contributed by atoms with Crippen LogP contribution in [-0.2, 0) is 9.49 Å². The van der Waals surface area contributed by atoms with E-state index in [4.69, 9.17) is 0 Å². The van der Waals surface area contributed by atoms with Crippen molar-refractivity contribution in [1.29, 1.82) is 0 Å². The summed E-state index contributed by atoms with van der Waals surface area (Å²) in [5.74, 6) is 0. The van der Waals surface area contributed by atoms with Crippen molar-refractivity contribution in [2.45, 2.75) is 69.6 Å². The third-order valence-electron chi connectivity index (χ3n) is 6.48. The van der Waals surface area contributed by atoms with Gasteiger partial charge in [0.15, 0.2) is 0 Å². The van der Waals surface area contributed by atoms with Crippen LogP contribution in [-0.4, -0.2) is 0 Å². The molecule has 0 aliphatic rings. The summed E-state index contributed by atoms with van der Waals surface area (Å²) in [6.07, 6.45) is 2.22. The summed E-state index contributed by atoms with van der Waals surface area (Å²) >= 11 is 5.74. The van der Waals surface area contributed by atoms with Crippen molar-refractivity contribution in [3.63, 3.8) is 0 Å². The fourth-order valence-electron chi connectivity index (χ4n) is 4.31. The molecule has 0 aliphatic carbocycles. The molecule has 0 amide bonds. The van der Waals surface area contributed by atoms with Crippen molar-refractivity contribution in [2.75, 3.05) is 0 Å². The average Bonchev–Trinajstić information content (AvgIpc) is 2.90. The van der Waals surface area contributed by atoms with Gasteiger partial charge in [0.2, 0.25) is 0 Å². The lowest BCUT2D eigenvalue weighted by molar-refractivity contribution is 0.579. The highest BCUT2D eigenvalue weighted by atomic mass is 32.2. The summed E-state index contributed by atoms with van der Waals surface area (Å²) in [5, 5.41) is 0. The number of hydrogen-bond acceptors (Lipinski definition) is 3. The van der Waals surface area contributed by atoms with E-state index in [0.717, 1.165) is 12.8 Å². The first-order valence-electron chi connectivity index (χ1n) is 12.3. The predicted octanol–water partition coefficient (Wildman–Crippen LogP) is 10.7. The first kappa shape index (κ1) is 26.0. The molecular weight excluding hydrogens is 481 g/mol. The standard InChI is InChI=1S/C32H34S3/c1-5-32(6-2,26-15-11-8-12-16-26)35-30-23-19-28(20-24-30)33-27-17-21-29(22-18-27)34-31(3,4)25-13-9-7-10-14-25/h7-24H,5-6H2,1-4H3. The van der Waals surface area contributed by atoms with Gasteiger partial charge in [0.25, 0.3) is 0 Å². The Labute approximate surface area is 224 Å². The first-order chi connectivity index (χ1) is 16.9. The van der Waals surface area contributed by atoms with Crippen LogP contribution in [0.25, 0.3) is 0 Å². The molecule has 4 rings (SSSR count). The molecule has 0 nitrogen and oxygen atoms in total. The van der Waals surface area contributed by atoms with Crippen molar-refractivity contribution in [1.82, 2.24) is 0 Å². The van der Waals surface area contributed by atoms with E-state index in [1.807, 2.05) is 35.3 Å². The lowest BCUT2D eigenvalue weighted by atomic mass is 9.93. The molecule has 0 fully saturated rings. The van der Waals surface area contributed by atoms with E-state index in [-0.39, 0.29) is 9.49 Å². The molecule has 0 spiro atoms. The Bertz CT molecular complexity index is 1180. The van der Waals surface area contributed by atoms with Crippen molar-refractivity contribution >= 4 is 35.3 Å². The van der Waals surface area contributed by atoms with Crippen LogP contribution in [0.2, 0.25) is 0 Å². The van der Waals surface area contributed by atoms with Crippen molar-refractivity contribution in [3.8, 4) is 0 Å². The van der Waals surface area contributed by atoms with Crippen LogP contribution < -0.4 is 0 Å². The molecule has 3 heteroatoms. The van der Waals surface area contributed by atoms with Crippen LogP contribution in [0.1, 0.15) is 51.7 Å². The van der Waals surface area contributed by atoms with Gasteiger partial charge in [-0.15, -0.1) is 23.5 Å². The summed E-state index contributed by atoms with van der Waals surface area (Å²) in [6.45, 7) is 9.19. The van der Waals surface area contributed by atoms with Crippen LogP contribution in [0.15, 0.2) is 129 Å². The van der Waals surface area contributed by atoms with Crippen molar-refractivity contribution < 1.29 is 0 Å². The smallest absolute Gasteiger partial charge is 0.0450 e. The maximum atomic E-state index is 2.30. The molecule has 0 aliphatic heterocycles. The molecule has 0 atom stereocenters. The normalized spacial score (nSPS) is 12.0. The summed E-state index contributed by atoms with van der Waals surface area (Å²) in [6, 6.07) is 39.8. The number of rotatable bonds is 10. The fourth-order valence-corrected chi connectivity index (χ4v) is 7.51. The second-order valence-electron chi connectivity index (χ2n) is 9.19. The van der Waals surface area contributed by atoms with E-state index < -0.39 is 0 Å². The molecule has 0 aromatic heterocycles. The van der Waals surface area contributed by atoms with E-state index in [1.165, 1.54) is 30.7 Å². The average molecular weight is 515 g/mol. The minimum absolute atomic E-state index is 0.0371. The summed E-state index contributed by atoms with van der Waals surface area (Å²) in [5.41, 5.74) is 2.77.